The molecule has 1 saturated carbocycles. The molecule has 0 bridgehead atoms. The summed E-state index contributed by atoms with van der Waals surface area (Å²) in [5.41, 5.74) is -0.601. The van der Waals surface area contributed by atoms with Gasteiger partial charge in [0, 0.05) is 6.42 Å². The van der Waals surface area contributed by atoms with E-state index in [0.717, 1.165) is 0 Å². The highest BCUT2D eigenvalue weighted by atomic mass is 79.9. The fraction of sp³-hybridized carbons (Fsp3) is 0.571. The van der Waals surface area contributed by atoms with Gasteiger partial charge in [-0.3, -0.25) is 0 Å². The molecule has 1 aliphatic rings. The van der Waals surface area contributed by atoms with Gasteiger partial charge in [0.2, 0.25) is 0 Å². The van der Waals surface area contributed by atoms with Gasteiger partial charge in [-0.2, -0.15) is 13.2 Å². The summed E-state index contributed by atoms with van der Waals surface area (Å²) in [6, 6.07) is 4.49. The molecule has 1 aromatic rings. The first-order valence-electron chi connectivity index (χ1n) is 6.43. The summed E-state index contributed by atoms with van der Waals surface area (Å²) in [5, 5.41) is 10.4. The summed E-state index contributed by atoms with van der Waals surface area (Å²) in [5.74, 6) is -1.77. The van der Waals surface area contributed by atoms with Crippen molar-refractivity contribution in [3.63, 3.8) is 0 Å². The topological polar surface area (TPSA) is 20.2 Å². The minimum absolute atomic E-state index is 0.0765. The first kappa shape index (κ1) is 15.8. The molecule has 0 atom stereocenters. The number of benzene rings is 1. The van der Waals surface area contributed by atoms with Gasteiger partial charge in [0.25, 0.3) is 0 Å². The fourth-order valence-corrected chi connectivity index (χ4v) is 3.10. The van der Waals surface area contributed by atoms with Gasteiger partial charge in [-0.25, -0.2) is 4.39 Å². The molecule has 112 valence electrons. The normalized spacial score (nSPS) is 27.6. The van der Waals surface area contributed by atoms with Gasteiger partial charge in [0.05, 0.1) is 16.0 Å². The maximum absolute atomic E-state index is 13.4. The van der Waals surface area contributed by atoms with Crippen molar-refractivity contribution >= 4 is 15.9 Å². The van der Waals surface area contributed by atoms with Crippen molar-refractivity contribution in [2.45, 2.75) is 43.9 Å². The molecule has 20 heavy (non-hydrogen) atoms. The van der Waals surface area contributed by atoms with Crippen molar-refractivity contribution in [3.8, 4) is 0 Å². The standard InChI is InChI=1S/C14H15BrF4O/c15-12-9(2-1-3-11(12)16)8-13(20)6-4-10(5-7-13)14(17,18)19/h1-3,10,20H,4-8H2. The molecule has 1 nitrogen and oxygen atoms in total. The smallest absolute Gasteiger partial charge is 0.390 e. The molecule has 0 saturated heterocycles. The molecule has 1 aromatic carbocycles. The molecule has 0 heterocycles. The van der Waals surface area contributed by atoms with Crippen LogP contribution in [-0.2, 0) is 6.42 Å². The Morgan fingerprint density at radius 2 is 1.85 bits per heavy atom. The van der Waals surface area contributed by atoms with Crippen molar-refractivity contribution < 1.29 is 22.7 Å². The maximum Gasteiger partial charge on any atom is 0.391 e. The summed E-state index contributed by atoms with van der Waals surface area (Å²) < 4.78 is 51.5. The highest BCUT2D eigenvalue weighted by Crippen LogP contribution is 2.42. The molecule has 1 fully saturated rings. The predicted octanol–water partition coefficient (Wildman–Crippen LogP) is 4.61. The second-order valence-electron chi connectivity index (χ2n) is 5.43. The fourth-order valence-electron chi connectivity index (χ4n) is 2.70. The van der Waals surface area contributed by atoms with Crippen LogP contribution < -0.4 is 0 Å². The Hall–Kier alpha value is -0.620. The third-order valence-corrected chi connectivity index (χ3v) is 4.82. The van der Waals surface area contributed by atoms with Crippen LogP contribution in [0.5, 0.6) is 0 Å². The van der Waals surface area contributed by atoms with E-state index < -0.39 is 23.5 Å². The second kappa shape index (κ2) is 5.64. The molecule has 0 aromatic heterocycles. The van der Waals surface area contributed by atoms with E-state index in [1.807, 2.05) is 0 Å². The lowest BCUT2D eigenvalue weighted by Gasteiger charge is -2.37. The average molecular weight is 355 g/mol. The first-order chi connectivity index (χ1) is 9.21. The van der Waals surface area contributed by atoms with Crippen LogP contribution >= 0.6 is 15.9 Å². The van der Waals surface area contributed by atoms with Crippen LogP contribution in [0.1, 0.15) is 31.2 Å². The minimum Gasteiger partial charge on any atom is -0.390 e. The molecule has 2 rings (SSSR count). The van der Waals surface area contributed by atoms with Crippen molar-refractivity contribution in [1.82, 2.24) is 0 Å². The van der Waals surface area contributed by atoms with E-state index in [4.69, 9.17) is 0 Å². The Bertz CT molecular complexity index is 479. The van der Waals surface area contributed by atoms with Crippen LogP contribution in [0.15, 0.2) is 22.7 Å². The number of hydrogen-bond donors (Lipinski definition) is 1. The molecule has 0 spiro atoms. The Morgan fingerprint density at radius 3 is 2.40 bits per heavy atom. The van der Waals surface area contributed by atoms with Crippen LogP contribution in [-0.4, -0.2) is 16.9 Å². The van der Waals surface area contributed by atoms with Gasteiger partial charge in [0.15, 0.2) is 0 Å². The minimum atomic E-state index is -4.19. The lowest BCUT2D eigenvalue weighted by Crippen LogP contribution is -2.39. The average Bonchev–Trinajstić information content (AvgIpc) is 2.34. The van der Waals surface area contributed by atoms with Crippen molar-refractivity contribution in [2.24, 2.45) is 5.92 Å². The van der Waals surface area contributed by atoms with E-state index in [2.05, 4.69) is 15.9 Å². The van der Waals surface area contributed by atoms with Gasteiger partial charge in [-0.1, -0.05) is 12.1 Å². The van der Waals surface area contributed by atoms with Crippen LogP contribution in [0, 0.1) is 11.7 Å². The summed E-state index contributed by atoms with van der Waals surface area (Å²) in [4.78, 5) is 0. The van der Waals surface area contributed by atoms with Crippen LogP contribution in [0.3, 0.4) is 0 Å². The molecule has 6 heteroatoms. The zero-order valence-electron chi connectivity index (χ0n) is 10.7. The van der Waals surface area contributed by atoms with E-state index in [1.54, 1.807) is 6.07 Å². The molecule has 0 aliphatic heterocycles. The SMILES string of the molecule is OC1(Cc2cccc(F)c2Br)CCC(C(F)(F)F)CC1. The lowest BCUT2D eigenvalue weighted by molar-refractivity contribution is -0.192. The molecule has 1 aliphatic carbocycles. The Morgan fingerprint density at radius 1 is 1.25 bits per heavy atom. The van der Waals surface area contributed by atoms with Crippen molar-refractivity contribution in [1.29, 1.82) is 0 Å². The van der Waals surface area contributed by atoms with E-state index in [0.29, 0.717) is 5.56 Å². The molecular formula is C14H15BrF4O. The third-order valence-electron chi connectivity index (χ3n) is 3.93. The van der Waals surface area contributed by atoms with Crippen LogP contribution in [0.2, 0.25) is 0 Å². The zero-order chi connectivity index (χ0) is 15.0. The van der Waals surface area contributed by atoms with E-state index in [1.165, 1.54) is 12.1 Å². The summed E-state index contributed by atoms with van der Waals surface area (Å²) in [6.45, 7) is 0. The van der Waals surface area contributed by atoms with E-state index >= 15 is 0 Å². The van der Waals surface area contributed by atoms with Gasteiger partial charge in [-0.15, -0.1) is 0 Å². The number of rotatable bonds is 2. The second-order valence-corrected chi connectivity index (χ2v) is 6.22. The van der Waals surface area contributed by atoms with Crippen LogP contribution in [0.25, 0.3) is 0 Å². The third kappa shape index (κ3) is 3.52. The quantitative estimate of drug-likeness (QED) is 0.768. The van der Waals surface area contributed by atoms with Gasteiger partial charge in [0.1, 0.15) is 5.82 Å². The van der Waals surface area contributed by atoms with Crippen molar-refractivity contribution in [3.05, 3.63) is 34.1 Å². The van der Waals surface area contributed by atoms with Gasteiger partial charge >= 0.3 is 6.18 Å². The Kier molecular flexibility index (Phi) is 4.44. The monoisotopic (exact) mass is 354 g/mol. The van der Waals surface area contributed by atoms with Gasteiger partial charge < -0.3 is 5.11 Å². The van der Waals surface area contributed by atoms with Gasteiger partial charge in [-0.05, 0) is 53.2 Å². The van der Waals surface area contributed by atoms with E-state index in [-0.39, 0.29) is 36.6 Å². The summed E-state index contributed by atoms with van der Waals surface area (Å²) in [6.07, 6.45) is -4.02. The summed E-state index contributed by atoms with van der Waals surface area (Å²) in [7, 11) is 0. The zero-order valence-corrected chi connectivity index (χ0v) is 12.3. The number of hydrogen-bond acceptors (Lipinski definition) is 1. The maximum atomic E-state index is 13.4. The van der Waals surface area contributed by atoms with E-state index in [9.17, 15) is 22.7 Å². The summed E-state index contributed by atoms with van der Waals surface area (Å²) >= 11 is 3.11. The molecule has 1 N–H and O–H groups in total. The molecule has 0 amide bonds. The predicted molar refractivity (Wildman–Crippen MR) is 70.8 cm³/mol. The largest absolute Gasteiger partial charge is 0.391 e. The Balaban J connectivity index is 2.05. The Labute approximate surface area is 123 Å². The van der Waals surface area contributed by atoms with Crippen LogP contribution in [0.4, 0.5) is 17.6 Å². The molecular weight excluding hydrogens is 340 g/mol. The number of aliphatic hydroxyl groups is 1. The lowest BCUT2D eigenvalue weighted by atomic mass is 9.75. The molecule has 0 unspecified atom stereocenters. The highest BCUT2D eigenvalue weighted by Gasteiger charge is 2.45. The first-order valence-corrected chi connectivity index (χ1v) is 7.22. The van der Waals surface area contributed by atoms with Crippen molar-refractivity contribution in [2.75, 3.05) is 0 Å². The highest BCUT2D eigenvalue weighted by molar-refractivity contribution is 9.10. The number of halogens is 5. The molecule has 0 radical (unpaired) electrons. The number of alkyl halides is 3.